The lowest BCUT2D eigenvalue weighted by atomic mass is 10.1. The Morgan fingerprint density at radius 1 is 1.03 bits per heavy atom. The van der Waals surface area contributed by atoms with Crippen molar-refractivity contribution in [1.29, 1.82) is 0 Å². The van der Waals surface area contributed by atoms with E-state index in [4.69, 9.17) is 27.9 Å². The SMILES string of the molecule is CC(C)CNC(=O)c1cccc(NCc2cc(Br)ccc2OCc2ccc(Cl)cc2Cl)c1. The quantitative estimate of drug-likeness (QED) is 0.301. The van der Waals surface area contributed by atoms with Crippen LogP contribution in [0.15, 0.2) is 65.1 Å². The summed E-state index contributed by atoms with van der Waals surface area (Å²) >= 11 is 15.8. The Hall–Kier alpha value is -2.21. The second kappa shape index (κ2) is 11.6. The number of carbonyl (C=O) groups excluding carboxylic acids is 1. The molecule has 2 N–H and O–H groups in total. The second-order valence-corrected chi connectivity index (χ2v) is 9.57. The van der Waals surface area contributed by atoms with Crippen LogP contribution in [0.4, 0.5) is 5.69 Å². The molecule has 3 aromatic carbocycles. The molecular weight excluding hydrogens is 511 g/mol. The van der Waals surface area contributed by atoms with Crippen molar-refractivity contribution >= 4 is 50.7 Å². The summed E-state index contributed by atoms with van der Waals surface area (Å²) in [6.45, 7) is 5.64. The third-order valence-corrected chi connectivity index (χ3v) is 5.78. The average Bonchev–Trinajstić information content (AvgIpc) is 2.76. The van der Waals surface area contributed by atoms with Crippen LogP contribution < -0.4 is 15.4 Å². The molecule has 0 atom stereocenters. The van der Waals surface area contributed by atoms with Gasteiger partial charge in [0.25, 0.3) is 5.91 Å². The molecule has 0 aliphatic heterocycles. The molecule has 32 heavy (non-hydrogen) atoms. The van der Waals surface area contributed by atoms with Crippen molar-refractivity contribution in [2.75, 3.05) is 11.9 Å². The van der Waals surface area contributed by atoms with Crippen LogP contribution in [0.25, 0.3) is 0 Å². The molecule has 0 fully saturated rings. The number of rotatable bonds is 9. The van der Waals surface area contributed by atoms with Crippen LogP contribution in [0.2, 0.25) is 10.0 Å². The van der Waals surface area contributed by atoms with Gasteiger partial charge in [0, 0.05) is 50.0 Å². The van der Waals surface area contributed by atoms with Gasteiger partial charge in [-0.3, -0.25) is 4.79 Å². The first-order valence-electron chi connectivity index (χ1n) is 10.3. The molecule has 3 aromatic rings. The predicted octanol–water partition coefficient (Wildman–Crippen LogP) is 7.33. The monoisotopic (exact) mass is 534 g/mol. The number of benzene rings is 3. The molecule has 168 valence electrons. The highest BCUT2D eigenvalue weighted by Gasteiger charge is 2.10. The van der Waals surface area contributed by atoms with Gasteiger partial charge in [-0.25, -0.2) is 0 Å². The van der Waals surface area contributed by atoms with Crippen LogP contribution in [-0.2, 0) is 13.2 Å². The summed E-state index contributed by atoms with van der Waals surface area (Å²) in [7, 11) is 0. The Balaban J connectivity index is 1.68. The molecule has 4 nitrogen and oxygen atoms in total. The smallest absolute Gasteiger partial charge is 0.251 e. The van der Waals surface area contributed by atoms with Gasteiger partial charge < -0.3 is 15.4 Å². The third kappa shape index (κ3) is 7.16. The normalized spacial score (nSPS) is 10.8. The highest BCUT2D eigenvalue weighted by Crippen LogP contribution is 2.27. The molecule has 0 saturated carbocycles. The molecule has 0 aliphatic carbocycles. The lowest BCUT2D eigenvalue weighted by Crippen LogP contribution is -2.27. The number of hydrogen-bond donors (Lipinski definition) is 2. The first kappa shape index (κ1) is 24.4. The predicted molar refractivity (Wildman–Crippen MR) is 136 cm³/mol. The Morgan fingerprint density at radius 3 is 2.59 bits per heavy atom. The molecule has 3 rings (SSSR count). The lowest BCUT2D eigenvalue weighted by Gasteiger charge is -2.15. The van der Waals surface area contributed by atoms with Gasteiger partial charge in [0.1, 0.15) is 12.4 Å². The molecule has 0 unspecified atom stereocenters. The van der Waals surface area contributed by atoms with Crippen LogP contribution in [0.5, 0.6) is 5.75 Å². The van der Waals surface area contributed by atoms with E-state index in [0.29, 0.717) is 41.2 Å². The van der Waals surface area contributed by atoms with Crippen LogP contribution in [0.3, 0.4) is 0 Å². The van der Waals surface area contributed by atoms with Gasteiger partial charge in [0.2, 0.25) is 0 Å². The maximum absolute atomic E-state index is 12.4. The average molecular weight is 536 g/mol. The largest absolute Gasteiger partial charge is 0.488 e. The van der Waals surface area contributed by atoms with E-state index in [0.717, 1.165) is 27.0 Å². The van der Waals surface area contributed by atoms with E-state index in [1.54, 1.807) is 12.1 Å². The minimum absolute atomic E-state index is 0.0753. The molecule has 0 saturated heterocycles. The number of amides is 1. The van der Waals surface area contributed by atoms with E-state index in [1.807, 2.05) is 48.5 Å². The summed E-state index contributed by atoms with van der Waals surface area (Å²) in [6, 6.07) is 18.7. The zero-order valence-corrected chi connectivity index (χ0v) is 21.0. The number of ether oxygens (including phenoxy) is 1. The highest BCUT2D eigenvalue weighted by atomic mass is 79.9. The number of nitrogens with one attached hydrogen (secondary N) is 2. The summed E-state index contributed by atoms with van der Waals surface area (Å²) < 4.78 is 7.00. The summed E-state index contributed by atoms with van der Waals surface area (Å²) in [5, 5.41) is 7.49. The maximum Gasteiger partial charge on any atom is 0.251 e. The van der Waals surface area contributed by atoms with E-state index in [1.165, 1.54) is 0 Å². The summed E-state index contributed by atoms with van der Waals surface area (Å²) in [4.78, 5) is 12.4. The number of anilines is 1. The molecule has 0 aromatic heterocycles. The van der Waals surface area contributed by atoms with Gasteiger partial charge in [0.15, 0.2) is 0 Å². The van der Waals surface area contributed by atoms with Gasteiger partial charge in [-0.05, 0) is 54.4 Å². The molecule has 0 aliphatic rings. The molecule has 0 bridgehead atoms. The van der Waals surface area contributed by atoms with Crippen molar-refractivity contribution in [3.05, 3.63) is 91.9 Å². The summed E-state index contributed by atoms with van der Waals surface area (Å²) in [6.07, 6.45) is 0. The molecule has 0 spiro atoms. The Morgan fingerprint density at radius 2 is 1.84 bits per heavy atom. The first-order valence-corrected chi connectivity index (χ1v) is 11.8. The fourth-order valence-electron chi connectivity index (χ4n) is 2.99. The van der Waals surface area contributed by atoms with Crippen molar-refractivity contribution in [3.8, 4) is 5.75 Å². The Kier molecular flexibility index (Phi) is 8.85. The van der Waals surface area contributed by atoms with Crippen LogP contribution in [0.1, 0.15) is 35.3 Å². The van der Waals surface area contributed by atoms with Crippen molar-refractivity contribution in [2.24, 2.45) is 5.92 Å². The van der Waals surface area contributed by atoms with Crippen LogP contribution >= 0.6 is 39.1 Å². The zero-order valence-electron chi connectivity index (χ0n) is 17.9. The lowest BCUT2D eigenvalue weighted by molar-refractivity contribution is 0.0949. The fraction of sp³-hybridized carbons (Fsp3) is 0.240. The van der Waals surface area contributed by atoms with Crippen LogP contribution in [0, 0.1) is 5.92 Å². The minimum atomic E-state index is -0.0753. The molecular formula is C25H25BrCl2N2O2. The molecule has 1 amide bonds. The number of halogens is 3. The standard InChI is InChI=1S/C25H25BrCl2N2O2/c1-16(2)13-30-25(31)17-4-3-5-22(11-17)29-14-19-10-20(26)7-9-24(19)32-15-18-6-8-21(27)12-23(18)28/h3-12,16,29H,13-15H2,1-2H3,(H,30,31). The van der Waals surface area contributed by atoms with Crippen LogP contribution in [-0.4, -0.2) is 12.5 Å². The van der Waals surface area contributed by atoms with Crippen molar-refractivity contribution < 1.29 is 9.53 Å². The number of hydrogen-bond acceptors (Lipinski definition) is 3. The van der Waals surface area contributed by atoms with Crippen molar-refractivity contribution in [3.63, 3.8) is 0 Å². The van der Waals surface area contributed by atoms with E-state index in [9.17, 15) is 4.79 Å². The Bertz CT molecular complexity index is 1090. The van der Waals surface area contributed by atoms with Gasteiger partial charge in [-0.2, -0.15) is 0 Å². The van der Waals surface area contributed by atoms with E-state index >= 15 is 0 Å². The Labute approximate surface area is 207 Å². The topological polar surface area (TPSA) is 50.4 Å². The van der Waals surface area contributed by atoms with E-state index in [2.05, 4.69) is 40.4 Å². The maximum atomic E-state index is 12.4. The fourth-order valence-corrected chi connectivity index (χ4v) is 3.86. The molecule has 0 radical (unpaired) electrons. The second-order valence-electron chi connectivity index (χ2n) is 7.81. The van der Waals surface area contributed by atoms with Crippen molar-refractivity contribution in [1.82, 2.24) is 5.32 Å². The first-order chi connectivity index (χ1) is 15.3. The third-order valence-electron chi connectivity index (χ3n) is 4.70. The summed E-state index contributed by atoms with van der Waals surface area (Å²) in [5.74, 6) is 1.07. The molecule has 7 heteroatoms. The highest BCUT2D eigenvalue weighted by molar-refractivity contribution is 9.10. The molecule has 0 heterocycles. The van der Waals surface area contributed by atoms with E-state index < -0.39 is 0 Å². The van der Waals surface area contributed by atoms with Gasteiger partial charge in [0.05, 0.1) is 0 Å². The van der Waals surface area contributed by atoms with E-state index in [-0.39, 0.29) is 5.91 Å². The van der Waals surface area contributed by atoms with Gasteiger partial charge in [-0.15, -0.1) is 0 Å². The zero-order chi connectivity index (χ0) is 23.1. The number of carbonyl (C=O) groups is 1. The van der Waals surface area contributed by atoms with Gasteiger partial charge in [-0.1, -0.05) is 65.1 Å². The minimum Gasteiger partial charge on any atom is -0.488 e. The summed E-state index contributed by atoms with van der Waals surface area (Å²) in [5.41, 5.74) is 3.31. The van der Waals surface area contributed by atoms with Gasteiger partial charge >= 0.3 is 0 Å². The van der Waals surface area contributed by atoms with Crippen molar-refractivity contribution in [2.45, 2.75) is 27.0 Å².